The van der Waals surface area contributed by atoms with Crippen LogP contribution in [0.1, 0.15) is 26.4 Å². The molecule has 3 rings (SSSR count). The molecule has 1 aliphatic heterocycles. The Hall–Kier alpha value is -3.35. The van der Waals surface area contributed by atoms with Gasteiger partial charge in [0.25, 0.3) is 11.8 Å². The zero-order chi connectivity index (χ0) is 23.5. The van der Waals surface area contributed by atoms with E-state index in [1.807, 2.05) is 0 Å². The summed E-state index contributed by atoms with van der Waals surface area (Å²) in [5, 5.41) is 0. The van der Waals surface area contributed by atoms with Crippen molar-refractivity contribution in [3.05, 3.63) is 53.3 Å². The maximum absolute atomic E-state index is 12.8. The lowest BCUT2D eigenvalue weighted by Gasteiger charge is -2.34. The van der Waals surface area contributed by atoms with E-state index in [9.17, 15) is 31.2 Å². The molecule has 2 aromatic rings. The molecule has 0 bridgehead atoms. The number of alkyl halides is 3. The molecular weight excluding hydrogens is 453 g/mol. The molecule has 2 heterocycles. The third kappa shape index (κ3) is 5.28. The molecule has 0 saturated carbocycles. The first-order valence-corrected chi connectivity index (χ1v) is 10.5. The lowest BCUT2D eigenvalue weighted by Crippen LogP contribution is -2.50. The minimum atomic E-state index is -4.54. The summed E-state index contributed by atoms with van der Waals surface area (Å²) in [6.07, 6.45) is -3.92. The first-order valence-electron chi connectivity index (χ1n) is 9.31. The SMILES string of the molecule is COc1cc(C(=O)N2CCN(C(=O)c3ccc(C(F)(F)F)cn3)CC2)ccc1N[SH](=O)=O. The lowest BCUT2D eigenvalue weighted by atomic mass is 10.1. The minimum absolute atomic E-state index is 0.109. The van der Waals surface area contributed by atoms with Gasteiger partial charge < -0.3 is 14.5 Å². The number of ether oxygens (including phenoxy) is 1. The molecule has 1 aromatic heterocycles. The van der Waals surface area contributed by atoms with Crippen LogP contribution in [0.3, 0.4) is 0 Å². The van der Waals surface area contributed by atoms with Gasteiger partial charge in [0.05, 0.1) is 18.4 Å². The van der Waals surface area contributed by atoms with Crippen molar-refractivity contribution in [2.24, 2.45) is 0 Å². The summed E-state index contributed by atoms with van der Waals surface area (Å²) in [7, 11) is -1.56. The van der Waals surface area contributed by atoms with Gasteiger partial charge in [0.2, 0.25) is 10.9 Å². The number of methoxy groups -OCH3 is 1. The van der Waals surface area contributed by atoms with Crippen molar-refractivity contribution < 1.29 is 35.9 Å². The van der Waals surface area contributed by atoms with E-state index in [2.05, 4.69) is 9.71 Å². The van der Waals surface area contributed by atoms with Gasteiger partial charge >= 0.3 is 6.18 Å². The van der Waals surface area contributed by atoms with Crippen molar-refractivity contribution in [1.82, 2.24) is 14.8 Å². The number of carbonyl (C=O) groups is 2. The van der Waals surface area contributed by atoms with Gasteiger partial charge in [-0.25, -0.2) is 8.42 Å². The molecule has 1 N–H and O–H groups in total. The highest BCUT2D eigenvalue weighted by Gasteiger charge is 2.32. The molecule has 0 unspecified atom stereocenters. The summed E-state index contributed by atoms with van der Waals surface area (Å²) in [5.41, 5.74) is -0.581. The molecule has 1 saturated heterocycles. The van der Waals surface area contributed by atoms with Crippen LogP contribution in [0.5, 0.6) is 5.75 Å². The number of halogens is 3. The summed E-state index contributed by atoms with van der Waals surface area (Å²) in [6, 6.07) is 6.10. The second-order valence-corrected chi connectivity index (χ2v) is 7.54. The third-order valence-corrected chi connectivity index (χ3v) is 5.25. The molecule has 0 aliphatic carbocycles. The van der Waals surface area contributed by atoms with E-state index in [1.54, 1.807) is 0 Å². The van der Waals surface area contributed by atoms with E-state index in [1.165, 1.54) is 35.1 Å². The average Bonchev–Trinajstić information content (AvgIpc) is 2.77. The number of hydrogen-bond acceptors (Lipinski definition) is 6. The fourth-order valence-electron chi connectivity index (χ4n) is 3.16. The van der Waals surface area contributed by atoms with Gasteiger partial charge in [-0.1, -0.05) is 0 Å². The molecule has 13 heteroatoms. The van der Waals surface area contributed by atoms with Crippen LogP contribution in [0.2, 0.25) is 0 Å². The quantitative estimate of drug-likeness (QED) is 0.641. The van der Waals surface area contributed by atoms with Crippen LogP contribution in [0.15, 0.2) is 36.5 Å². The smallest absolute Gasteiger partial charge is 0.417 e. The fraction of sp³-hybridized carbons (Fsp3) is 0.316. The number of anilines is 1. The van der Waals surface area contributed by atoms with Gasteiger partial charge in [-0.05, 0) is 30.3 Å². The van der Waals surface area contributed by atoms with E-state index >= 15 is 0 Å². The van der Waals surface area contributed by atoms with Crippen molar-refractivity contribution >= 4 is 28.4 Å². The monoisotopic (exact) mass is 472 g/mol. The first-order chi connectivity index (χ1) is 15.1. The predicted molar refractivity (Wildman–Crippen MR) is 108 cm³/mol. The number of aromatic nitrogens is 1. The summed E-state index contributed by atoms with van der Waals surface area (Å²) >= 11 is 0. The number of benzene rings is 1. The van der Waals surface area contributed by atoms with Crippen LogP contribution >= 0.6 is 0 Å². The van der Waals surface area contributed by atoms with E-state index in [-0.39, 0.29) is 54.8 Å². The highest BCUT2D eigenvalue weighted by molar-refractivity contribution is 7.73. The maximum Gasteiger partial charge on any atom is 0.417 e. The normalized spacial score (nSPS) is 14.4. The predicted octanol–water partition coefficient (Wildman–Crippen LogP) is 1.65. The largest absolute Gasteiger partial charge is 0.495 e. The highest BCUT2D eigenvalue weighted by atomic mass is 32.2. The van der Waals surface area contributed by atoms with Crippen LogP contribution in [0, 0.1) is 0 Å². The molecule has 32 heavy (non-hydrogen) atoms. The summed E-state index contributed by atoms with van der Waals surface area (Å²) in [4.78, 5) is 31.9. The Morgan fingerprint density at radius 2 is 1.66 bits per heavy atom. The molecular formula is C19H19F3N4O5S. The Morgan fingerprint density at radius 1 is 1.03 bits per heavy atom. The summed E-state index contributed by atoms with van der Waals surface area (Å²) < 4.78 is 67.0. The maximum atomic E-state index is 12.8. The second kappa shape index (κ2) is 9.42. The number of amides is 2. The van der Waals surface area contributed by atoms with Crippen molar-refractivity contribution in [2.75, 3.05) is 38.0 Å². The molecule has 9 nitrogen and oxygen atoms in total. The van der Waals surface area contributed by atoms with Gasteiger partial charge in [0, 0.05) is 37.9 Å². The molecule has 1 aliphatic rings. The third-order valence-electron chi connectivity index (χ3n) is 4.82. The van der Waals surface area contributed by atoms with E-state index in [4.69, 9.17) is 4.74 Å². The lowest BCUT2D eigenvalue weighted by molar-refractivity contribution is -0.137. The molecule has 0 atom stereocenters. The van der Waals surface area contributed by atoms with Crippen LogP contribution in [0.4, 0.5) is 18.9 Å². The molecule has 2 amide bonds. The van der Waals surface area contributed by atoms with E-state index in [0.717, 1.165) is 12.1 Å². The van der Waals surface area contributed by atoms with Gasteiger partial charge in [0.1, 0.15) is 11.4 Å². The number of nitrogens with zero attached hydrogens (tertiary/aromatic N) is 3. The second-order valence-electron chi connectivity index (χ2n) is 6.80. The van der Waals surface area contributed by atoms with Crippen LogP contribution in [-0.4, -0.2) is 68.3 Å². The number of carbonyl (C=O) groups excluding carboxylic acids is 2. The molecule has 1 fully saturated rings. The van der Waals surface area contributed by atoms with Crippen molar-refractivity contribution in [3.63, 3.8) is 0 Å². The fourth-order valence-corrected chi connectivity index (χ4v) is 3.54. The minimum Gasteiger partial charge on any atom is -0.495 e. The van der Waals surface area contributed by atoms with Crippen molar-refractivity contribution in [1.29, 1.82) is 0 Å². The Bertz CT molecular complexity index is 1070. The van der Waals surface area contributed by atoms with Crippen LogP contribution < -0.4 is 9.46 Å². The van der Waals surface area contributed by atoms with Gasteiger partial charge in [-0.15, -0.1) is 0 Å². The molecule has 0 spiro atoms. The highest BCUT2D eigenvalue weighted by Crippen LogP contribution is 2.29. The Kier molecular flexibility index (Phi) is 6.87. The Balaban J connectivity index is 1.64. The van der Waals surface area contributed by atoms with E-state index < -0.39 is 28.5 Å². The standard InChI is InChI=1S/C19H19F3N4O5S/c1-31-16-10-12(2-4-14(16)24-32(29)30)17(27)25-6-8-26(9-7-25)18(28)15-5-3-13(11-23-15)19(20,21)22/h2-5,10-11,32H,6-9H2,1H3,(H,24,29,30). The number of thiol groups is 1. The van der Waals surface area contributed by atoms with Gasteiger partial charge in [-0.2, -0.15) is 13.2 Å². The Labute approximate surface area is 182 Å². The average molecular weight is 472 g/mol. The number of nitrogens with one attached hydrogen (secondary N) is 1. The summed E-state index contributed by atoms with van der Waals surface area (Å²) in [5.74, 6) is -0.673. The van der Waals surface area contributed by atoms with Crippen molar-refractivity contribution in [3.8, 4) is 5.75 Å². The Morgan fingerprint density at radius 3 is 2.16 bits per heavy atom. The van der Waals surface area contributed by atoms with Crippen LogP contribution in [0.25, 0.3) is 0 Å². The number of rotatable bonds is 5. The number of hydrogen-bond donors (Lipinski definition) is 2. The van der Waals surface area contributed by atoms with Gasteiger partial charge in [0.15, 0.2) is 0 Å². The zero-order valence-electron chi connectivity index (χ0n) is 16.8. The molecule has 0 radical (unpaired) electrons. The number of piperazine rings is 1. The molecule has 172 valence electrons. The van der Waals surface area contributed by atoms with Crippen LogP contribution in [-0.2, 0) is 17.1 Å². The topological polar surface area (TPSA) is 109 Å². The molecule has 1 aromatic carbocycles. The van der Waals surface area contributed by atoms with Gasteiger partial charge in [-0.3, -0.25) is 19.3 Å². The van der Waals surface area contributed by atoms with E-state index in [0.29, 0.717) is 6.20 Å². The van der Waals surface area contributed by atoms with Crippen molar-refractivity contribution in [2.45, 2.75) is 6.18 Å². The summed E-state index contributed by atoms with van der Waals surface area (Å²) in [6.45, 7) is 0.779. The first kappa shape index (κ1) is 23.3. The number of pyridine rings is 1. The zero-order valence-corrected chi connectivity index (χ0v) is 17.7.